The van der Waals surface area contributed by atoms with E-state index in [1.54, 1.807) is 23.5 Å². The minimum Gasteiger partial charge on any atom is -0.207 e. The molecule has 0 aliphatic rings. The summed E-state index contributed by atoms with van der Waals surface area (Å²) in [4.78, 5) is 0. The Balaban J connectivity index is 0.000000146. The maximum Gasteiger partial charge on any atom is 0.123 e. The van der Waals surface area contributed by atoms with Crippen LogP contribution in [-0.4, -0.2) is 0 Å². The third kappa shape index (κ3) is 4.19. The zero-order valence-electron chi connectivity index (χ0n) is 8.33. The van der Waals surface area contributed by atoms with Gasteiger partial charge in [-0.25, -0.2) is 4.39 Å². The van der Waals surface area contributed by atoms with Gasteiger partial charge in [0.05, 0.1) is 0 Å². The van der Waals surface area contributed by atoms with E-state index in [0.29, 0.717) is 0 Å². The first-order valence-corrected chi connectivity index (χ1v) is 5.34. The molecule has 0 aliphatic carbocycles. The second-order valence-electron chi connectivity index (χ2n) is 3.10. The van der Waals surface area contributed by atoms with E-state index in [0.717, 1.165) is 5.56 Å². The van der Waals surface area contributed by atoms with Gasteiger partial charge < -0.3 is 0 Å². The van der Waals surface area contributed by atoms with Crippen LogP contribution in [0.4, 0.5) is 4.39 Å². The van der Waals surface area contributed by atoms with Gasteiger partial charge in [-0.05, 0) is 48.4 Å². The van der Waals surface area contributed by atoms with Gasteiger partial charge >= 0.3 is 0 Å². The summed E-state index contributed by atoms with van der Waals surface area (Å²) in [5, 5.41) is 4.20. The lowest BCUT2D eigenvalue weighted by Gasteiger charge is -1.87. The molecule has 0 atom stereocenters. The Hall–Kier alpha value is -1.15. The quantitative estimate of drug-likeness (QED) is 0.609. The van der Waals surface area contributed by atoms with E-state index in [9.17, 15) is 4.39 Å². The van der Waals surface area contributed by atoms with Gasteiger partial charge in [-0.15, -0.1) is 0 Å². The molecule has 0 aliphatic heterocycles. The van der Waals surface area contributed by atoms with E-state index in [1.807, 2.05) is 6.92 Å². The molecule has 2 aromatic rings. The molecule has 0 spiro atoms. The predicted octanol–water partition coefficient (Wildman–Crippen LogP) is 4.19. The van der Waals surface area contributed by atoms with Crippen LogP contribution in [0.3, 0.4) is 0 Å². The van der Waals surface area contributed by atoms with E-state index in [1.165, 1.54) is 17.7 Å². The van der Waals surface area contributed by atoms with Crippen LogP contribution < -0.4 is 0 Å². The number of aryl methyl sites for hydroxylation is 2. The second-order valence-corrected chi connectivity index (χ2v) is 3.88. The second kappa shape index (κ2) is 5.55. The zero-order chi connectivity index (χ0) is 10.4. The molecule has 0 bridgehead atoms. The predicted molar refractivity (Wildman–Crippen MR) is 60.2 cm³/mol. The molecule has 0 N–H and O–H groups in total. The van der Waals surface area contributed by atoms with Crippen molar-refractivity contribution in [1.82, 2.24) is 0 Å². The molecular formula is C12H13FS. The summed E-state index contributed by atoms with van der Waals surface area (Å²) in [6.07, 6.45) is 0. The molecule has 0 nitrogen and oxygen atoms in total. The zero-order valence-corrected chi connectivity index (χ0v) is 9.14. The maximum absolute atomic E-state index is 12.1. The number of thiophene rings is 1. The normalized spacial score (nSPS) is 9.07. The number of hydrogen-bond acceptors (Lipinski definition) is 1. The first kappa shape index (κ1) is 10.9. The van der Waals surface area contributed by atoms with Crippen molar-refractivity contribution in [2.75, 3.05) is 0 Å². The number of rotatable bonds is 0. The van der Waals surface area contributed by atoms with E-state index >= 15 is 0 Å². The van der Waals surface area contributed by atoms with E-state index in [4.69, 9.17) is 0 Å². The van der Waals surface area contributed by atoms with Crippen molar-refractivity contribution in [3.05, 3.63) is 58.0 Å². The molecule has 2 heteroatoms. The van der Waals surface area contributed by atoms with Crippen LogP contribution in [0.5, 0.6) is 0 Å². The lowest BCUT2D eigenvalue weighted by atomic mass is 10.2. The minimum atomic E-state index is -0.171. The molecule has 0 amide bonds. The van der Waals surface area contributed by atoms with Crippen LogP contribution in [-0.2, 0) is 0 Å². The standard InChI is InChI=1S/C7H7F.C5H6S/c1-6-2-4-7(8)5-3-6;1-5-2-3-6-4-5/h2-5H,1H3;2-4H,1H3. The smallest absolute Gasteiger partial charge is 0.123 e. The summed E-state index contributed by atoms with van der Waals surface area (Å²) >= 11 is 1.74. The van der Waals surface area contributed by atoms with Crippen molar-refractivity contribution in [2.24, 2.45) is 0 Å². The fourth-order valence-electron chi connectivity index (χ4n) is 0.866. The Kier molecular flexibility index (Phi) is 4.33. The fourth-order valence-corrected chi connectivity index (χ4v) is 1.53. The molecule has 74 valence electrons. The van der Waals surface area contributed by atoms with Gasteiger partial charge in [0.25, 0.3) is 0 Å². The van der Waals surface area contributed by atoms with Crippen molar-refractivity contribution >= 4 is 11.3 Å². The molecule has 0 saturated heterocycles. The fraction of sp³-hybridized carbons (Fsp3) is 0.167. The highest BCUT2D eigenvalue weighted by Gasteiger charge is 1.83. The average molecular weight is 208 g/mol. The van der Waals surface area contributed by atoms with Crippen LogP contribution in [0.25, 0.3) is 0 Å². The van der Waals surface area contributed by atoms with Crippen LogP contribution >= 0.6 is 11.3 Å². The molecule has 14 heavy (non-hydrogen) atoms. The van der Waals surface area contributed by atoms with Crippen LogP contribution in [0, 0.1) is 19.7 Å². The summed E-state index contributed by atoms with van der Waals surface area (Å²) in [6.45, 7) is 4.02. The Morgan fingerprint density at radius 1 is 0.929 bits per heavy atom. The molecule has 1 heterocycles. The Labute approximate surface area is 88.0 Å². The van der Waals surface area contributed by atoms with Gasteiger partial charge in [0, 0.05) is 0 Å². The summed E-state index contributed by atoms with van der Waals surface area (Å²) in [7, 11) is 0. The summed E-state index contributed by atoms with van der Waals surface area (Å²) in [5.74, 6) is -0.171. The Morgan fingerprint density at radius 2 is 1.57 bits per heavy atom. The molecule has 2 rings (SSSR count). The summed E-state index contributed by atoms with van der Waals surface area (Å²) in [6, 6.07) is 8.50. The Bertz CT molecular complexity index is 327. The number of benzene rings is 1. The van der Waals surface area contributed by atoms with E-state index in [-0.39, 0.29) is 5.82 Å². The Morgan fingerprint density at radius 3 is 1.86 bits per heavy atom. The van der Waals surface area contributed by atoms with Gasteiger partial charge in [-0.1, -0.05) is 17.7 Å². The molecule has 0 unspecified atom stereocenters. The summed E-state index contributed by atoms with van der Waals surface area (Å²) in [5.41, 5.74) is 2.45. The molecule has 1 aromatic heterocycles. The van der Waals surface area contributed by atoms with Gasteiger partial charge in [-0.2, -0.15) is 11.3 Å². The number of hydrogen-bond donors (Lipinski definition) is 0. The van der Waals surface area contributed by atoms with Crippen molar-refractivity contribution < 1.29 is 4.39 Å². The third-order valence-corrected chi connectivity index (χ3v) is 2.48. The SMILES string of the molecule is Cc1ccc(F)cc1.Cc1ccsc1. The van der Waals surface area contributed by atoms with E-state index < -0.39 is 0 Å². The van der Waals surface area contributed by atoms with Crippen molar-refractivity contribution in [3.8, 4) is 0 Å². The molecule has 0 radical (unpaired) electrons. The lowest BCUT2D eigenvalue weighted by Crippen LogP contribution is -1.71. The highest BCUT2D eigenvalue weighted by atomic mass is 32.1. The van der Waals surface area contributed by atoms with Crippen LogP contribution in [0.2, 0.25) is 0 Å². The summed E-state index contributed by atoms with van der Waals surface area (Å²) < 4.78 is 12.1. The van der Waals surface area contributed by atoms with Gasteiger partial charge in [0.2, 0.25) is 0 Å². The molecular weight excluding hydrogens is 195 g/mol. The number of halogens is 1. The maximum atomic E-state index is 12.1. The molecule has 1 aromatic carbocycles. The monoisotopic (exact) mass is 208 g/mol. The average Bonchev–Trinajstić information content (AvgIpc) is 2.63. The van der Waals surface area contributed by atoms with Crippen LogP contribution in [0.15, 0.2) is 41.1 Å². The van der Waals surface area contributed by atoms with E-state index in [2.05, 4.69) is 23.8 Å². The third-order valence-electron chi connectivity index (χ3n) is 1.67. The van der Waals surface area contributed by atoms with Crippen molar-refractivity contribution in [1.29, 1.82) is 0 Å². The largest absolute Gasteiger partial charge is 0.207 e. The molecule has 0 fully saturated rings. The van der Waals surface area contributed by atoms with Crippen molar-refractivity contribution in [3.63, 3.8) is 0 Å². The van der Waals surface area contributed by atoms with Gasteiger partial charge in [0.1, 0.15) is 5.82 Å². The highest BCUT2D eigenvalue weighted by Crippen LogP contribution is 2.01. The van der Waals surface area contributed by atoms with Crippen molar-refractivity contribution in [2.45, 2.75) is 13.8 Å². The minimum absolute atomic E-state index is 0.171. The first-order chi connectivity index (χ1) is 6.68. The first-order valence-electron chi connectivity index (χ1n) is 4.39. The molecule has 0 saturated carbocycles. The van der Waals surface area contributed by atoms with Crippen LogP contribution in [0.1, 0.15) is 11.1 Å². The highest BCUT2D eigenvalue weighted by molar-refractivity contribution is 7.07. The topological polar surface area (TPSA) is 0 Å². The van der Waals surface area contributed by atoms with Gasteiger partial charge in [-0.3, -0.25) is 0 Å². The lowest BCUT2D eigenvalue weighted by molar-refractivity contribution is 0.627. The van der Waals surface area contributed by atoms with Gasteiger partial charge in [0.15, 0.2) is 0 Å².